The summed E-state index contributed by atoms with van der Waals surface area (Å²) in [5.74, 6) is 0.778. The van der Waals surface area contributed by atoms with Crippen molar-refractivity contribution in [1.29, 1.82) is 0 Å². The first-order valence-corrected chi connectivity index (χ1v) is 12.6. The molecule has 2 atom stereocenters. The zero-order chi connectivity index (χ0) is 24.9. The highest BCUT2D eigenvalue weighted by molar-refractivity contribution is 6.30. The summed E-state index contributed by atoms with van der Waals surface area (Å²) in [6.07, 6.45) is 0.633. The number of halogens is 1. The summed E-state index contributed by atoms with van der Waals surface area (Å²) in [5, 5.41) is 3.82. The Labute approximate surface area is 215 Å². The standard InChI is InChI=1S/C28H27ClN4O3/c1-28-18-24(23-4-2-3-5-25(23)36-28)30-27(35)33(28)22-10-6-19(7-11-22)26(34)32-16-14-31(15-17-32)21-12-8-20(29)9-13-21/h2-13,24H,14-18H2,1H3,(H,30,35). The van der Waals surface area contributed by atoms with Gasteiger partial charge in [0, 0.05) is 60.1 Å². The molecule has 0 radical (unpaired) electrons. The number of hydrogen-bond donors (Lipinski definition) is 1. The van der Waals surface area contributed by atoms with Crippen LogP contribution in [0, 0.1) is 0 Å². The third-order valence-corrected chi connectivity index (χ3v) is 7.56. The van der Waals surface area contributed by atoms with E-state index >= 15 is 0 Å². The van der Waals surface area contributed by atoms with E-state index < -0.39 is 5.72 Å². The van der Waals surface area contributed by atoms with E-state index in [1.165, 1.54) is 0 Å². The number of piperazine rings is 1. The lowest BCUT2D eigenvalue weighted by Gasteiger charge is -2.50. The van der Waals surface area contributed by atoms with Gasteiger partial charge < -0.3 is 19.9 Å². The molecule has 3 heterocycles. The van der Waals surface area contributed by atoms with Crippen LogP contribution in [-0.4, -0.2) is 48.7 Å². The van der Waals surface area contributed by atoms with Gasteiger partial charge in [-0.15, -0.1) is 0 Å². The first-order valence-electron chi connectivity index (χ1n) is 12.2. The van der Waals surface area contributed by atoms with Crippen LogP contribution in [0.2, 0.25) is 5.02 Å². The Balaban J connectivity index is 1.15. The van der Waals surface area contributed by atoms with Gasteiger partial charge >= 0.3 is 6.03 Å². The quantitative estimate of drug-likeness (QED) is 0.543. The highest BCUT2D eigenvalue weighted by Gasteiger charge is 2.49. The molecule has 0 spiro atoms. The molecule has 0 aliphatic carbocycles. The van der Waals surface area contributed by atoms with E-state index in [-0.39, 0.29) is 18.0 Å². The Kier molecular flexibility index (Phi) is 5.52. The number of rotatable bonds is 3. The fourth-order valence-electron chi connectivity index (χ4n) is 5.47. The number of amides is 3. The Bertz CT molecular complexity index is 1310. The maximum Gasteiger partial charge on any atom is 0.325 e. The number of nitrogens with one attached hydrogen (secondary N) is 1. The van der Waals surface area contributed by atoms with Crippen LogP contribution in [0.15, 0.2) is 72.8 Å². The number of para-hydroxylation sites is 1. The maximum atomic E-state index is 13.2. The zero-order valence-electron chi connectivity index (χ0n) is 20.0. The number of ether oxygens (including phenoxy) is 1. The molecule has 7 nitrogen and oxygen atoms in total. The lowest BCUT2D eigenvalue weighted by Crippen LogP contribution is -2.65. The summed E-state index contributed by atoms with van der Waals surface area (Å²) in [7, 11) is 0. The molecule has 8 heteroatoms. The third kappa shape index (κ3) is 3.93. The minimum atomic E-state index is -0.815. The SMILES string of the molecule is CC12CC(NC(=O)N1c1ccc(C(=O)N3CCN(c4ccc(Cl)cc4)CC3)cc1)c1ccccc1O2. The van der Waals surface area contributed by atoms with Crippen LogP contribution in [0.5, 0.6) is 5.75 Å². The van der Waals surface area contributed by atoms with Gasteiger partial charge in [-0.05, 0) is 61.5 Å². The van der Waals surface area contributed by atoms with Gasteiger partial charge in [-0.3, -0.25) is 9.69 Å². The molecule has 3 aromatic rings. The van der Waals surface area contributed by atoms with Crippen molar-refractivity contribution in [3.8, 4) is 5.75 Å². The minimum Gasteiger partial charge on any atom is -0.467 e. The lowest BCUT2D eigenvalue weighted by atomic mass is 9.90. The molecule has 0 saturated carbocycles. The molecule has 6 rings (SSSR count). The number of carbonyl (C=O) groups is 2. The van der Waals surface area contributed by atoms with Crippen LogP contribution in [0.3, 0.4) is 0 Å². The number of benzene rings is 3. The van der Waals surface area contributed by atoms with Gasteiger partial charge in [0.25, 0.3) is 5.91 Å². The molecule has 2 saturated heterocycles. The van der Waals surface area contributed by atoms with E-state index in [1.807, 2.05) is 72.5 Å². The molecule has 2 fully saturated rings. The van der Waals surface area contributed by atoms with Crippen LogP contribution in [0.1, 0.15) is 35.3 Å². The molecule has 3 aliphatic heterocycles. The Morgan fingerprint density at radius 3 is 2.33 bits per heavy atom. The van der Waals surface area contributed by atoms with E-state index in [4.69, 9.17) is 16.3 Å². The van der Waals surface area contributed by atoms with Crippen molar-refractivity contribution < 1.29 is 14.3 Å². The summed E-state index contributed by atoms with van der Waals surface area (Å²) >= 11 is 6.00. The monoisotopic (exact) mass is 502 g/mol. The fourth-order valence-corrected chi connectivity index (χ4v) is 5.59. The van der Waals surface area contributed by atoms with E-state index in [1.54, 1.807) is 17.0 Å². The van der Waals surface area contributed by atoms with Gasteiger partial charge in [0.1, 0.15) is 5.75 Å². The fraction of sp³-hybridized carbons (Fsp3) is 0.286. The molecular formula is C28H27ClN4O3. The van der Waals surface area contributed by atoms with Crippen LogP contribution < -0.4 is 19.9 Å². The number of carbonyl (C=O) groups excluding carboxylic acids is 2. The molecule has 3 aliphatic rings. The number of fused-ring (bicyclic) bond motifs is 4. The molecule has 3 amide bonds. The number of anilines is 2. The highest BCUT2D eigenvalue weighted by atomic mass is 35.5. The molecular weight excluding hydrogens is 476 g/mol. The van der Waals surface area contributed by atoms with E-state index in [0.717, 1.165) is 30.1 Å². The van der Waals surface area contributed by atoms with Crippen molar-refractivity contribution >= 4 is 34.9 Å². The van der Waals surface area contributed by atoms with Crippen molar-refractivity contribution in [2.75, 3.05) is 36.0 Å². The Morgan fingerprint density at radius 1 is 0.944 bits per heavy atom. The molecule has 36 heavy (non-hydrogen) atoms. The number of nitrogens with zero attached hydrogens (tertiary/aromatic N) is 3. The van der Waals surface area contributed by atoms with Gasteiger partial charge in [0.15, 0.2) is 5.72 Å². The van der Waals surface area contributed by atoms with Gasteiger partial charge in [0.2, 0.25) is 0 Å². The first kappa shape index (κ1) is 22.7. The van der Waals surface area contributed by atoms with Crippen molar-refractivity contribution in [3.63, 3.8) is 0 Å². The van der Waals surface area contributed by atoms with Crippen LogP contribution >= 0.6 is 11.6 Å². The molecule has 2 bridgehead atoms. The topological polar surface area (TPSA) is 65.1 Å². The Hall–Kier alpha value is -3.71. The van der Waals surface area contributed by atoms with E-state index in [0.29, 0.717) is 35.8 Å². The van der Waals surface area contributed by atoms with Gasteiger partial charge in [-0.25, -0.2) is 4.79 Å². The predicted octanol–water partition coefficient (Wildman–Crippen LogP) is 5.07. The van der Waals surface area contributed by atoms with Crippen molar-refractivity contribution in [2.24, 2.45) is 0 Å². The van der Waals surface area contributed by atoms with E-state index in [2.05, 4.69) is 10.2 Å². The Morgan fingerprint density at radius 2 is 1.61 bits per heavy atom. The average Bonchev–Trinajstić information content (AvgIpc) is 2.89. The summed E-state index contributed by atoms with van der Waals surface area (Å²) in [6.45, 7) is 4.75. The second-order valence-electron chi connectivity index (χ2n) is 9.66. The van der Waals surface area contributed by atoms with Crippen LogP contribution in [0.25, 0.3) is 0 Å². The second-order valence-corrected chi connectivity index (χ2v) is 10.1. The first-order chi connectivity index (χ1) is 17.4. The molecule has 1 N–H and O–H groups in total. The smallest absolute Gasteiger partial charge is 0.325 e. The summed E-state index contributed by atoms with van der Waals surface area (Å²) in [4.78, 5) is 32.1. The molecule has 184 valence electrons. The minimum absolute atomic E-state index is 0.00507. The lowest BCUT2D eigenvalue weighted by molar-refractivity contribution is 0.0379. The summed E-state index contributed by atoms with van der Waals surface area (Å²) in [5.41, 5.74) is 2.59. The average molecular weight is 503 g/mol. The second kappa shape index (κ2) is 8.75. The van der Waals surface area contributed by atoms with E-state index in [9.17, 15) is 9.59 Å². The van der Waals surface area contributed by atoms with Crippen molar-refractivity contribution in [3.05, 3.63) is 88.9 Å². The summed E-state index contributed by atoms with van der Waals surface area (Å²) in [6, 6.07) is 22.5. The van der Waals surface area contributed by atoms with Crippen molar-refractivity contribution in [1.82, 2.24) is 10.2 Å². The van der Waals surface area contributed by atoms with Crippen LogP contribution in [-0.2, 0) is 0 Å². The summed E-state index contributed by atoms with van der Waals surface area (Å²) < 4.78 is 6.33. The highest BCUT2D eigenvalue weighted by Crippen LogP contribution is 2.45. The van der Waals surface area contributed by atoms with Crippen molar-refractivity contribution in [2.45, 2.75) is 25.1 Å². The molecule has 3 aromatic carbocycles. The zero-order valence-corrected chi connectivity index (χ0v) is 20.7. The number of urea groups is 1. The van der Waals surface area contributed by atoms with Gasteiger partial charge in [0.05, 0.1) is 6.04 Å². The molecule has 0 aromatic heterocycles. The predicted molar refractivity (Wildman–Crippen MR) is 140 cm³/mol. The third-order valence-electron chi connectivity index (χ3n) is 7.31. The number of hydrogen-bond acceptors (Lipinski definition) is 4. The normalized spacial score (nSPS) is 23.0. The molecule has 2 unspecified atom stereocenters. The maximum absolute atomic E-state index is 13.2. The van der Waals surface area contributed by atoms with Crippen LogP contribution in [0.4, 0.5) is 16.2 Å². The largest absolute Gasteiger partial charge is 0.467 e. The van der Waals surface area contributed by atoms with Gasteiger partial charge in [-0.2, -0.15) is 0 Å². The van der Waals surface area contributed by atoms with Gasteiger partial charge in [-0.1, -0.05) is 29.8 Å².